The Hall–Kier alpha value is -1.10. The lowest BCUT2D eigenvalue weighted by molar-refractivity contribution is 0.474. The van der Waals surface area contributed by atoms with Crippen molar-refractivity contribution in [3.63, 3.8) is 0 Å². The second-order valence-electron chi connectivity index (χ2n) is 6.11. The van der Waals surface area contributed by atoms with Crippen LogP contribution in [-0.4, -0.2) is 28.7 Å². The van der Waals surface area contributed by atoms with Gasteiger partial charge in [0.05, 0.1) is 15.6 Å². The van der Waals surface area contributed by atoms with Crippen LogP contribution in [0.4, 0.5) is 5.95 Å². The van der Waals surface area contributed by atoms with E-state index in [1.165, 1.54) is 6.42 Å². The molecule has 0 unspecified atom stereocenters. The monoisotopic (exact) mass is 439 g/mol. The first kappa shape index (κ1) is 16.7. The van der Waals surface area contributed by atoms with Crippen molar-refractivity contribution < 1.29 is 0 Å². The maximum absolute atomic E-state index is 9.52. The molecule has 0 radical (unpaired) electrons. The van der Waals surface area contributed by atoms with Crippen LogP contribution in [0.1, 0.15) is 38.3 Å². The molecule has 1 aromatic heterocycles. The molecular formula is C16H19Br2N5. The number of fused-ring (bicyclic) bond motifs is 1. The summed E-state index contributed by atoms with van der Waals surface area (Å²) < 4.78 is 3.79. The maximum atomic E-state index is 9.52. The number of rotatable bonds is 3. The summed E-state index contributed by atoms with van der Waals surface area (Å²) in [5, 5.41) is 16.5. The van der Waals surface area contributed by atoms with Crippen molar-refractivity contribution in [2.75, 3.05) is 18.4 Å². The summed E-state index contributed by atoms with van der Waals surface area (Å²) in [4.78, 5) is 4.75. The summed E-state index contributed by atoms with van der Waals surface area (Å²) in [7, 11) is 0. The molecule has 0 spiro atoms. The Labute approximate surface area is 152 Å². The zero-order valence-corrected chi connectivity index (χ0v) is 16.3. The topological polar surface area (TPSA) is 65.7 Å². The van der Waals surface area contributed by atoms with Gasteiger partial charge >= 0.3 is 0 Å². The van der Waals surface area contributed by atoms with E-state index in [1.54, 1.807) is 0 Å². The minimum absolute atomic E-state index is 0.249. The smallest absolute Gasteiger partial charge is 0.204 e. The third-order valence-corrected chi connectivity index (χ3v) is 6.12. The Balaban J connectivity index is 2.13. The van der Waals surface area contributed by atoms with Crippen molar-refractivity contribution in [2.24, 2.45) is 0 Å². The number of nitrogens with one attached hydrogen (secondary N) is 2. The van der Waals surface area contributed by atoms with E-state index >= 15 is 0 Å². The highest BCUT2D eigenvalue weighted by molar-refractivity contribution is 9.13. The molecule has 23 heavy (non-hydrogen) atoms. The van der Waals surface area contributed by atoms with Gasteiger partial charge in [0.25, 0.3) is 0 Å². The summed E-state index contributed by atoms with van der Waals surface area (Å²) in [6.07, 6.45) is 2.30. The van der Waals surface area contributed by atoms with E-state index in [2.05, 4.69) is 67.0 Å². The molecule has 7 heteroatoms. The van der Waals surface area contributed by atoms with Crippen LogP contribution in [0, 0.1) is 11.3 Å². The number of nitriles is 1. The first-order valence-corrected chi connectivity index (χ1v) is 9.38. The normalized spacial score (nSPS) is 18.3. The SMILES string of the molecule is CC(C)n1c(N[C@@H]2CCCNC2)nc2c(C#N)c(Br)c(Br)cc21. The van der Waals surface area contributed by atoms with Gasteiger partial charge in [-0.3, -0.25) is 0 Å². The van der Waals surface area contributed by atoms with Gasteiger partial charge in [0.1, 0.15) is 11.6 Å². The largest absolute Gasteiger partial charge is 0.352 e. The molecule has 1 aliphatic heterocycles. The molecule has 2 aromatic rings. The lowest BCUT2D eigenvalue weighted by Crippen LogP contribution is -2.39. The van der Waals surface area contributed by atoms with Gasteiger partial charge in [0.2, 0.25) is 5.95 Å². The molecule has 122 valence electrons. The highest BCUT2D eigenvalue weighted by atomic mass is 79.9. The standard InChI is InChI=1S/C16H19Br2N5/c1-9(2)23-13-6-12(17)14(18)11(7-19)15(13)22-16(23)21-10-4-3-5-20-8-10/h6,9-10,20H,3-5,8H2,1-2H3,(H,21,22)/t10-/m1/s1. The molecule has 1 aliphatic rings. The number of aromatic nitrogens is 2. The Morgan fingerprint density at radius 1 is 1.48 bits per heavy atom. The fraction of sp³-hybridized carbons (Fsp3) is 0.500. The van der Waals surface area contributed by atoms with Crippen molar-refractivity contribution in [1.29, 1.82) is 5.26 Å². The van der Waals surface area contributed by atoms with Crippen LogP contribution >= 0.6 is 31.9 Å². The van der Waals surface area contributed by atoms with Crippen LogP contribution in [0.15, 0.2) is 15.0 Å². The van der Waals surface area contributed by atoms with Crippen molar-refractivity contribution in [3.05, 3.63) is 20.6 Å². The Morgan fingerprint density at radius 2 is 2.26 bits per heavy atom. The number of imidazole rings is 1. The first-order valence-electron chi connectivity index (χ1n) is 7.80. The molecule has 2 heterocycles. The van der Waals surface area contributed by atoms with Gasteiger partial charge in [-0.15, -0.1) is 0 Å². The van der Waals surface area contributed by atoms with Gasteiger partial charge in [-0.05, 0) is 71.2 Å². The van der Waals surface area contributed by atoms with E-state index in [-0.39, 0.29) is 6.04 Å². The van der Waals surface area contributed by atoms with Crippen molar-refractivity contribution >= 4 is 48.8 Å². The number of anilines is 1. The van der Waals surface area contributed by atoms with E-state index in [0.29, 0.717) is 11.6 Å². The van der Waals surface area contributed by atoms with Gasteiger partial charge < -0.3 is 15.2 Å². The minimum Gasteiger partial charge on any atom is -0.352 e. The van der Waals surface area contributed by atoms with Crippen molar-refractivity contribution in [1.82, 2.24) is 14.9 Å². The minimum atomic E-state index is 0.249. The average Bonchev–Trinajstić information content (AvgIpc) is 2.87. The van der Waals surface area contributed by atoms with Gasteiger partial charge in [-0.25, -0.2) is 4.98 Å². The zero-order chi connectivity index (χ0) is 16.6. The van der Waals surface area contributed by atoms with E-state index in [4.69, 9.17) is 4.98 Å². The second kappa shape index (κ2) is 6.80. The van der Waals surface area contributed by atoms with Gasteiger partial charge in [-0.2, -0.15) is 5.26 Å². The van der Waals surface area contributed by atoms with Crippen LogP contribution in [0.2, 0.25) is 0 Å². The van der Waals surface area contributed by atoms with Gasteiger partial charge in [0, 0.05) is 23.1 Å². The van der Waals surface area contributed by atoms with Crippen LogP contribution in [-0.2, 0) is 0 Å². The first-order chi connectivity index (χ1) is 11.0. The molecule has 1 aromatic carbocycles. The van der Waals surface area contributed by atoms with Gasteiger partial charge in [-0.1, -0.05) is 0 Å². The van der Waals surface area contributed by atoms with Gasteiger partial charge in [0.15, 0.2) is 0 Å². The molecule has 1 atom stereocenters. The van der Waals surface area contributed by atoms with Crippen LogP contribution in [0.3, 0.4) is 0 Å². The molecule has 5 nitrogen and oxygen atoms in total. The highest BCUT2D eigenvalue weighted by Gasteiger charge is 2.22. The summed E-state index contributed by atoms with van der Waals surface area (Å²) in [5.74, 6) is 0.838. The molecule has 0 bridgehead atoms. The summed E-state index contributed by atoms with van der Waals surface area (Å²) in [6, 6.07) is 4.91. The average molecular weight is 441 g/mol. The number of piperidine rings is 1. The molecular weight excluding hydrogens is 422 g/mol. The number of halogens is 2. The van der Waals surface area contributed by atoms with E-state index in [9.17, 15) is 5.26 Å². The number of benzene rings is 1. The Morgan fingerprint density at radius 3 is 2.87 bits per heavy atom. The third-order valence-electron chi connectivity index (χ3n) is 4.14. The lowest BCUT2D eigenvalue weighted by Gasteiger charge is -2.25. The predicted molar refractivity (Wildman–Crippen MR) is 99.7 cm³/mol. The second-order valence-corrected chi connectivity index (χ2v) is 7.76. The summed E-state index contributed by atoms with van der Waals surface area (Å²) in [5.41, 5.74) is 2.28. The molecule has 0 aliphatic carbocycles. The summed E-state index contributed by atoms with van der Waals surface area (Å²) >= 11 is 7.01. The van der Waals surface area contributed by atoms with Crippen LogP contribution in [0.25, 0.3) is 11.0 Å². The van der Waals surface area contributed by atoms with E-state index in [1.807, 2.05) is 6.07 Å². The van der Waals surface area contributed by atoms with E-state index in [0.717, 1.165) is 45.4 Å². The molecule has 1 fully saturated rings. The molecule has 1 saturated heterocycles. The zero-order valence-electron chi connectivity index (χ0n) is 13.2. The Kier molecular flexibility index (Phi) is 4.95. The maximum Gasteiger partial charge on any atom is 0.204 e. The number of hydrogen-bond acceptors (Lipinski definition) is 4. The molecule has 2 N–H and O–H groups in total. The molecule has 0 amide bonds. The fourth-order valence-electron chi connectivity index (χ4n) is 3.06. The van der Waals surface area contributed by atoms with Crippen LogP contribution in [0.5, 0.6) is 0 Å². The predicted octanol–water partition coefficient (Wildman–Crippen LogP) is 4.18. The summed E-state index contributed by atoms with van der Waals surface area (Å²) in [6.45, 7) is 6.29. The van der Waals surface area contributed by atoms with Crippen molar-refractivity contribution in [2.45, 2.75) is 38.8 Å². The quantitative estimate of drug-likeness (QED) is 0.751. The molecule has 0 saturated carbocycles. The third kappa shape index (κ3) is 3.12. The van der Waals surface area contributed by atoms with Crippen molar-refractivity contribution in [3.8, 4) is 6.07 Å². The molecule has 3 rings (SSSR count). The number of nitrogens with zero attached hydrogens (tertiary/aromatic N) is 3. The van der Waals surface area contributed by atoms with Crippen LogP contribution < -0.4 is 10.6 Å². The fourth-order valence-corrected chi connectivity index (χ4v) is 3.86. The Bertz CT molecular complexity index is 769. The number of hydrogen-bond donors (Lipinski definition) is 2. The lowest BCUT2D eigenvalue weighted by atomic mass is 10.1. The highest BCUT2D eigenvalue weighted by Crippen LogP contribution is 2.36. The van der Waals surface area contributed by atoms with E-state index < -0.39 is 0 Å².